The normalized spacial score (nSPS) is 30.9. The summed E-state index contributed by atoms with van der Waals surface area (Å²) in [6.45, 7) is 4.12. The van der Waals surface area contributed by atoms with E-state index in [1.54, 1.807) is 0 Å². The number of aryl methyl sites for hydroxylation is 1. The Balaban J connectivity index is 2.14. The van der Waals surface area contributed by atoms with Crippen LogP contribution in [0.15, 0.2) is 18.2 Å². The fourth-order valence-corrected chi connectivity index (χ4v) is 2.85. The number of benzene rings is 1. The molecule has 3 rings (SSSR count). The molecule has 1 aromatic rings. The van der Waals surface area contributed by atoms with Crippen molar-refractivity contribution in [1.82, 2.24) is 10.6 Å². The topological polar surface area (TPSA) is 33.3 Å². The van der Waals surface area contributed by atoms with E-state index in [9.17, 15) is 0 Å². The van der Waals surface area contributed by atoms with E-state index in [-0.39, 0.29) is 11.8 Å². The standard InChI is InChI=1S/C12H14N2OS/c1-7-4-3-5-8-9-6-12(2,15-10(7)8)14-11(16)13-9/h3-5,9H,6H2,1-2H3,(H2,13,14,16). The minimum Gasteiger partial charge on any atom is -0.468 e. The number of nitrogens with one attached hydrogen (secondary N) is 2. The summed E-state index contributed by atoms with van der Waals surface area (Å²) in [6, 6.07) is 6.50. The van der Waals surface area contributed by atoms with Gasteiger partial charge in [0.2, 0.25) is 0 Å². The second-order valence-electron chi connectivity index (χ2n) is 4.68. The summed E-state index contributed by atoms with van der Waals surface area (Å²) >= 11 is 5.19. The number of rotatable bonds is 0. The first kappa shape index (κ1) is 9.90. The Morgan fingerprint density at radius 3 is 3.12 bits per heavy atom. The molecule has 2 unspecified atom stereocenters. The maximum atomic E-state index is 6.05. The van der Waals surface area contributed by atoms with E-state index in [0.717, 1.165) is 12.2 Å². The molecule has 1 saturated heterocycles. The van der Waals surface area contributed by atoms with Crippen LogP contribution in [0, 0.1) is 6.92 Å². The lowest BCUT2D eigenvalue weighted by Gasteiger charge is -2.46. The van der Waals surface area contributed by atoms with Gasteiger partial charge in [-0.05, 0) is 31.6 Å². The Morgan fingerprint density at radius 1 is 1.50 bits per heavy atom. The average molecular weight is 234 g/mol. The number of para-hydroxylation sites is 1. The molecule has 2 aliphatic rings. The van der Waals surface area contributed by atoms with Gasteiger partial charge in [-0.1, -0.05) is 18.2 Å². The molecule has 0 saturated carbocycles. The summed E-state index contributed by atoms with van der Waals surface area (Å²) in [4.78, 5) is 0. The molecule has 1 fully saturated rings. The molecule has 3 nitrogen and oxygen atoms in total. The first-order chi connectivity index (χ1) is 7.57. The zero-order valence-corrected chi connectivity index (χ0v) is 10.1. The van der Waals surface area contributed by atoms with Crippen molar-refractivity contribution in [3.8, 4) is 5.75 Å². The molecule has 0 radical (unpaired) electrons. The van der Waals surface area contributed by atoms with Crippen molar-refractivity contribution >= 4 is 17.3 Å². The quantitative estimate of drug-likeness (QED) is 0.673. The third-order valence-electron chi connectivity index (χ3n) is 3.22. The summed E-state index contributed by atoms with van der Waals surface area (Å²) in [5.74, 6) is 0.990. The van der Waals surface area contributed by atoms with Gasteiger partial charge < -0.3 is 15.4 Å². The van der Waals surface area contributed by atoms with Gasteiger partial charge in [-0.15, -0.1) is 0 Å². The van der Waals surface area contributed by atoms with E-state index in [2.05, 4.69) is 35.8 Å². The molecule has 0 aliphatic carbocycles. The Bertz CT molecular complexity index is 474. The molecular formula is C12H14N2OS. The van der Waals surface area contributed by atoms with Crippen molar-refractivity contribution in [2.24, 2.45) is 0 Å². The van der Waals surface area contributed by atoms with Gasteiger partial charge >= 0.3 is 0 Å². The van der Waals surface area contributed by atoms with Crippen LogP contribution < -0.4 is 15.4 Å². The smallest absolute Gasteiger partial charge is 0.181 e. The third-order valence-corrected chi connectivity index (χ3v) is 3.44. The number of ether oxygens (including phenoxy) is 1. The Hall–Kier alpha value is -1.29. The van der Waals surface area contributed by atoms with Crippen LogP contribution in [0.25, 0.3) is 0 Å². The fourth-order valence-electron chi connectivity index (χ4n) is 2.50. The second kappa shape index (κ2) is 3.10. The summed E-state index contributed by atoms with van der Waals surface area (Å²) in [6.07, 6.45) is 0.892. The Morgan fingerprint density at radius 2 is 2.31 bits per heavy atom. The predicted octanol–water partition coefficient (Wildman–Crippen LogP) is 2.01. The highest BCUT2D eigenvalue weighted by atomic mass is 32.1. The van der Waals surface area contributed by atoms with E-state index in [1.807, 2.05) is 6.92 Å². The van der Waals surface area contributed by atoms with Gasteiger partial charge in [-0.2, -0.15) is 0 Å². The molecule has 0 amide bonds. The summed E-state index contributed by atoms with van der Waals surface area (Å²) in [5, 5.41) is 7.16. The van der Waals surface area contributed by atoms with Crippen molar-refractivity contribution in [3.05, 3.63) is 29.3 Å². The zero-order chi connectivity index (χ0) is 11.3. The number of fused-ring (bicyclic) bond motifs is 4. The van der Waals surface area contributed by atoms with Crippen LogP contribution in [0.1, 0.15) is 30.5 Å². The maximum Gasteiger partial charge on any atom is 0.181 e. The van der Waals surface area contributed by atoms with E-state index in [1.165, 1.54) is 11.1 Å². The molecule has 2 N–H and O–H groups in total. The highest BCUT2D eigenvalue weighted by Crippen LogP contribution is 2.41. The van der Waals surface area contributed by atoms with Crippen molar-refractivity contribution < 1.29 is 4.74 Å². The summed E-state index contributed by atoms with van der Waals surface area (Å²) in [5.41, 5.74) is 2.01. The van der Waals surface area contributed by atoms with Crippen LogP contribution in [0.2, 0.25) is 0 Å². The molecule has 2 aliphatic heterocycles. The van der Waals surface area contributed by atoms with E-state index in [4.69, 9.17) is 17.0 Å². The van der Waals surface area contributed by atoms with Crippen LogP contribution in [0.3, 0.4) is 0 Å². The zero-order valence-electron chi connectivity index (χ0n) is 9.33. The molecule has 2 heterocycles. The van der Waals surface area contributed by atoms with Crippen molar-refractivity contribution in [2.45, 2.75) is 32.0 Å². The maximum absolute atomic E-state index is 6.05. The molecule has 84 valence electrons. The first-order valence-electron chi connectivity index (χ1n) is 5.45. The van der Waals surface area contributed by atoms with Gasteiger partial charge in [0.1, 0.15) is 5.75 Å². The average Bonchev–Trinajstić information content (AvgIpc) is 2.18. The van der Waals surface area contributed by atoms with Gasteiger partial charge in [0.05, 0.1) is 6.04 Å². The number of hydrogen-bond donors (Lipinski definition) is 2. The van der Waals surface area contributed by atoms with Crippen molar-refractivity contribution in [3.63, 3.8) is 0 Å². The predicted molar refractivity (Wildman–Crippen MR) is 66.4 cm³/mol. The molecule has 0 aromatic heterocycles. The first-order valence-corrected chi connectivity index (χ1v) is 5.85. The molecule has 4 heteroatoms. The van der Waals surface area contributed by atoms with Gasteiger partial charge in [0, 0.05) is 12.0 Å². The minimum atomic E-state index is -0.369. The summed E-state index contributed by atoms with van der Waals surface area (Å²) < 4.78 is 6.05. The minimum absolute atomic E-state index is 0.266. The lowest BCUT2D eigenvalue weighted by molar-refractivity contribution is 0.0243. The van der Waals surface area contributed by atoms with Crippen LogP contribution in [0.5, 0.6) is 5.75 Å². The molecule has 2 bridgehead atoms. The van der Waals surface area contributed by atoms with Gasteiger partial charge in [-0.3, -0.25) is 0 Å². The van der Waals surface area contributed by atoms with E-state index < -0.39 is 0 Å². The van der Waals surface area contributed by atoms with Crippen LogP contribution in [-0.4, -0.2) is 10.8 Å². The Labute approximate surface area is 100 Å². The SMILES string of the molecule is Cc1cccc2c1OC1(C)CC2NC(=S)N1. The lowest BCUT2D eigenvalue weighted by Crippen LogP contribution is -2.62. The fraction of sp³-hybridized carbons (Fsp3) is 0.417. The Kier molecular flexibility index (Phi) is 1.92. The molecule has 1 aromatic carbocycles. The van der Waals surface area contributed by atoms with Gasteiger partial charge in [0.25, 0.3) is 0 Å². The van der Waals surface area contributed by atoms with Crippen LogP contribution in [-0.2, 0) is 0 Å². The third kappa shape index (κ3) is 1.37. The number of thiocarbonyl (C=S) groups is 1. The van der Waals surface area contributed by atoms with E-state index in [0.29, 0.717) is 5.11 Å². The molecule has 0 spiro atoms. The van der Waals surface area contributed by atoms with Gasteiger partial charge in [0.15, 0.2) is 10.8 Å². The van der Waals surface area contributed by atoms with Crippen LogP contribution in [0.4, 0.5) is 0 Å². The summed E-state index contributed by atoms with van der Waals surface area (Å²) in [7, 11) is 0. The second-order valence-corrected chi connectivity index (χ2v) is 5.09. The van der Waals surface area contributed by atoms with Crippen LogP contribution >= 0.6 is 12.2 Å². The molecule has 16 heavy (non-hydrogen) atoms. The monoisotopic (exact) mass is 234 g/mol. The van der Waals surface area contributed by atoms with Crippen molar-refractivity contribution in [2.75, 3.05) is 0 Å². The van der Waals surface area contributed by atoms with E-state index >= 15 is 0 Å². The highest BCUT2D eigenvalue weighted by molar-refractivity contribution is 7.80. The van der Waals surface area contributed by atoms with Crippen molar-refractivity contribution in [1.29, 1.82) is 0 Å². The highest BCUT2D eigenvalue weighted by Gasteiger charge is 2.42. The number of hydrogen-bond acceptors (Lipinski definition) is 2. The lowest BCUT2D eigenvalue weighted by atomic mass is 9.90. The largest absolute Gasteiger partial charge is 0.468 e. The van der Waals surface area contributed by atoms with Gasteiger partial charge in [-0.25, -0.2) is 0 Å². The molecule has 2 atom stereocenters. The molecular weight excluding hydrogens is 220 g/mol.